The highest BCUT2D eigenvalue weighted by atomic mass is 35.5. The first kappa shape index (κ1) is 9.97. The Labute approximate surface area is 86.9 Å². The van der Waals surface area contributed by atoms with Crippen molar-refractivity contribution < 1.29 is 0 Å². The molecule has 66 valence electrons. The van der Waals surface area contributed by atoms with E-state index in [-0.39, 0.29) is 0 Å². The minimum atomic E-state index is 0.423. The van der Waals surface area contributed by atoms with Crippen molar-refractivity contribution in [1.29, 1.82) is 0 Å². The van der Waals surface area contributed by atoms with E-state index in [1.165, 1.54) is 0 Å². The lowest BCUT2D eigenvalue weighted by molar-refractivity contribution is 0.561. The average Bonchev–Trinajstić information content (AvgIpc) is 2.17. The van der Waals surface area contributed by atoms with Crippen LogP contribution in [0.15, 0.2) is 32.9 Å². The summed E-state index contributed by atoms with van der Waals surface area (Å²) in [6.07, 6.45) is 3.60. The maximum atomic E-state index is 5.88. The molecule has 0 atom stereocenters. The Morgan fingerprint density at radius 1 is 1.17 bits per heavy atom. The molecule has 0 amide bonds. The molecule has 0 radical (unpaired) electrons. The normalized spacial score (nSPS) is 20.4. The fourth-order valence-electron chi connectivity index (χ4n) is 0.867. The Morgan fingerprint density at radius 2 is 1.75 bits per heavy atom. The van der Waals surface area contributed by atoms with E-state index in [0.717, 1.165) is 5.57 Å². The van der Waals surface area contributed by atoms with E-state index in [4.69, 9.17) is 34.8 Å². The fraction of sp³-hybridized carbons (Fsp3) is 0.250. The molecule has 0 aliphatic heterocycles. The largest absolute Gasteiger partial charge is 0.383 e. The Kier molecular flexibility index (Phi) is 3.10. The van der Waals surface area contributed by atoms with Crippen LogP contribution < -0.4 is 0 Å². The van der Waals surface area contributed by atoms with Gasteiger partial charge in [0, 0.05) is 25.9 Å². The van der Waals surface area contributed by atoms with Crippen LogP contribution >= 0.6 is 34.8 Å². The third-order valence-corrected chi connectivity index (χ3v) is 2.63. The summed E-state index contributed by atoms with van der Waals surface area (Å²) in [4.78, 5) is 1.88. The number of hydrogen-bond donors (Lipinski definition) is 0. The summed E-state index contributed by atoms with van der Waals surface area (Å²) < 4.78 is 0. The van der Waals surface area contributed by atoms with E-state index in [2.05, 4.69) is 0 Å². The lowest BCUT2D eigenvalue weighted by Gasteiger charge is -2.05. The molecular weight excluding hydrogens is 216 g/mol. The van der Waals surface area contributed by atoms with Crippen LogP contribution in [0, 0.1) is 0 Å². The van der Waals surface area contributed by atoms with Gasteiger partial charge in [-0.05, 0) is 6.08 Å². The van der Waals surface area contributed by atoms with Crippen molar-refractivity contribution in [2.75, 3.05) is 14.1 Å². The Bertz CT molecular complexity index is 287. The zero-order chi connectivity index (χ0) is 9.30. The van der Waals surface area contributed by atoms with Gasteiger partial charge in [-0.3, -0.25) is 0 Å². The van der Waals surface area contributed by atoms with Gasteiger partial charge in [0.2, 0.25) is 0 Å². The summed E-state index contributed by atoms with van der Waals surface area (Å²) in [5.74, 6) is 0. The minimum Gasteiger partial charge on any atom is -0.383 e. The maximum Gasteiger partial charge on any atom is 0.0785 e. The van der Waals surface area contributed by atoms with Crippen LogP contribution in [-0.4, -0.2) is 19.0 Å². The van der Waals surface area contributed by atoms with Gasteiger partial charge in [-0.25, -0.2) is 0 Å². The van der Waals surface area contributed by atoms with Gasteiger partial charge in [0.15, 0.2) is 0 Å². The molecule has 0 saturated heterocycles. The third kappa shape index (κ3) is 1.98. The highest BCUT2D eigenvalue weighted by Gasteiger charge is 2.17. The zero-order valence-corrected chi connectivity index (χ0v) is 9.00. The average molecular weight is 225 g/mol. The van der Waals surface area contributed by atoms with Crippen molar-refractivity contribution in [2.24, 2.45) is 0 Å². The highest BCUT2D eigenvalue weighted by molar-refractivity contribution is 6.50. The molecule has 1 aliphatic rings. The van der Waals surface area contributed by atoms with Gasteiger partial charge in [-0.15, -0.1) is 0 Å². The first-order chi connectivity index (χ1) is 5.52. The van der Waals surface area contributed by atoms with Crippen LogP contribution in [0.25, 0.3) is 0 Å². The molecule has 12 heavy (non-hydrogen) atoms. The Morgan fingerprint density at radius 3 is 2.08 bits per heavy atom. The van der Waals surface area contributed by atoms with Gasteiger partial charge in [-0.1, -0.05) is 34.8 Å². The van der Waals surface area contributed by atoms with Gasteiger partial charge < -0.3 is 4.90 Å². The first-order valence-electron chi connectivity index (χ1n) is 3.34. The molecule has 0 aromatic carbocycles. The number of rotatable bonds is 1. The SMILES string of the molecule is CN(C)/C=C1/C=C(Cl)C(Cl)=C1Cl. The summed E-state index contributed by atoms with van der Waals surface area (Å²) >= 11 is 17.4. The van der Waals surface area contributed by atoms with Gasteiger partial charge in [0.1, 0.15) is 0 Å². The summed E-state index contributed by atoms with van der Waals surface area (Å²) in [5, 5.41) is 1.43. The molecule has 0 spiro atoms. The standard InChI is InChI=1S/C8H8Cl3N/c1-12(2)4-5-3-6(9)8(11)7(5)10/h3-4H,1-2H3/b5-4-. The van der Waals surface area contributed by atoms with Crippen molar-refractivity contribution in [3.05, 3.63) is 32.9 Å². The van der Waals surface area contributed by atoms with Crippen LogP contribution in [0.3, 0.4) is 0 Å². The van der Waals surface area contributed by atoms with Crippen LogP contribution in [0.5, 0.6) is 0 Å². The van der Waals surface area contributed by atoms with E-state index in [9.17, 15) is 0 Å². The summed E-state index contributed by atoms with van der Waals surface area (Å²) in [6, 6.07) is 0. The third-order valence-electron chi connectivity index (χ3n) is 1.34. The molecule has 0 heterocycles. The minimum absolute atomic E-state index is 0.423. The van der Waals surface area contributed by atoms with E-state index < -0.39 is 0 Å². The van der Waals surface area contributed by atoms with Crippen LogP contribution in [0.2, 0.25) is 0 Å². The second-order valence-corrected chi connectivity index (χ2v) is 3.83. The molecule has 0 aromatic heterocycles. The van der Waals surface area contributed by atoms with E-state index in [0.29, 0.717) is 15.1 Å². The predicted octanol–water partition coefficient (Wildman–Crippen LogP) is 3.26. The molecule has 1 aliphatic carbocycles. The van der Waals surface area contributed by atoms with E-state index in [1.54, 1.807) is 6.08 Å². The monoisotopic (exact) mass is 223 g/mol. The number of nitrogens with zero attached hydrogens (tertiary/aromatic N) is 1. The number of hydrogen-bond acceptors (Lipinski definition) is 1. The Balaban J connectivity index is 3.01. The topological polar surface area (TPSA) is 3.24 Å². The number of allylic oxidation sites excluding steroid dienone is 5. The fourth-order valence-corrected chi connectivity index (χ4v) is 1.50. The summed E-state index contributed by atoms with van der Waals surface area (Å²) in [6.45, 7) is 0. The van der Waals surface area contributed by atoms with Gasteiger partial charge in [-0.2, -0.15) is 0 Å². The predicted molar refractivity (Wildman–Crippen MR) is 54.4 cm³/mol. The quantitative estimate of drug-likeness (QED) is 0.661. The van der Waals surface area contributed by atoms with Crippen LogP contribution in [0.4, 0.5) is 0 Å². The molecule has 1 rings (SSSR count). The lowest BCUT2D eigenvalue weighted by Crippen LogP contribution is -2.01. The molecule has 0 fully saturated rings. The molecule has 1 nitrogen and oxygen atoms in total. The molecule has 0 unspecified atom stereocenters. The molecular formula is C8H8Cl3N. The second-order valence-electron chi connectivity index (χ2n) is 2.67. The van der Waals surface area contributed by atoms with Crippen molar-refractivity contribution >= 4 is 34.8 Å². The number of halogens is 3. The Hall–Kier alpha value is -0.110. The van der Waals surface area contributed by atoms with E-state index in [1.807, 2.05) is 25.2 Å². The summed E-state index contributed by atoms with van der Waals surface area (Å²) in [7, 11) is 3.82. The smallest absolute Gasteiger partial charge is 0.0785 e. The molecule has 0 aromatic rings. The van der Waals surface area contributed by atoms with Crippen LogP contribution in [0.1, 0.15) is 0 Å². The maximum absolute atomic E-state index is 5.88. The zero-order valence-electron chi connectivity index (χ0n) is 6.74. The second kappa shape index (κ2) is 3.73. The molecule has 0 saturated carbocycles. The highest BCUT2D eigenvalue weighted by Crippen LogP contribution is 2.37. The first-order valence-corrected chi connectivity index (χ1v) is 4.47. The van der Waals surface area contributed by atoms with Gasteiger partial charge in [0.25, 0.3) is 0 Å². The van der Waals surface area contributed by atoms with Crippen molar-refractivity contribution in [3.63, 3.8) is 0 Å². The lowest BCUT2D eigenvalue weighted by atomic mass is 10.3. The van der Waals surface area contributed by atoms with Crippen molar-refractivity contribution in [1.82, 2.24) is 4.90 Å². The van der Waals surface area contributed by atoms with Gasteiger partial charge >= 0.3 is 0 Å². The van der Waals surface area contributed by atoms with Crippen molar-refractivity contribution in [3.8, 4) is 0 Å². The molecule has 0 bridgehead atoms. The van der Waals surface area contributed by atoms with Crippen molar-refractivity contribution in [2.45, 2.75) is 0 Å². The van der Waals surface area contributed by atoms with Crippen LogP contribution in [-0.2, 0) is 0 Å². The van der Waals surface area contributed by atoms with E-state index >= 15 is 0 Å². The molecule has 4 heteroatoms. The van der Waals surface area contributed by atoms with Gasteiger partial charge in [0.05, 0.1) is 15.1 Å². The summed E-state index contributed by atoms with van der Waals surface area (Å²) in [5.41, 5.74) is 0.844. The molecule has 0 N–H and O–H groups in total.